The van der Waals surface area contributed by atoms with Gasteiger partial charge >= 0.3 is 0 Å². The van der Waals surface area contributed by atoms with E-state index in [1.54, 1.807) is 12.1 Å². The fourth-order valence-corrected chi connectivity index (χ4v) is 4.67. The van der Waals surface area contributed by atoms with Gasteiger partial charge in [-0.3, -0.25) is 4.79 Å². The van der Waals surface area contributed by atoms with E-state index in [9.17, 15) is 13.2 Å². The smallest absolute Gasteiger partial charge is 0.224 e. The summed E-state index contributed by atoms with van der Waals surface area (Å²) < 4.78 is 25.8. The van der Waals surface area contributed by atoms with E-state index in [2.05, 4.69) is 4.98 Å². The number of nitrogens with two attached hydrogens (primary N) is 1. The summed E-state index contributed by atoms with van der Waals surface area (Å²) in [7, 11) is -3.82. The highest BCUT2D eigenvalue weighted by Crippen LogP contribution is 2.29. The largest absolute Gasteiger partial charge is 0.325 e. The normalized spacial score (nSPS) is 11.4. The van der Waals surface area contributed by atoms with E-state index >= 15 is 0 Å². The van der Waals surface area contributed by atoms with Gasteiger partial charge in [-0.25, -0.2) is 13.4 Å². The van der Waals surface area contributed by atoms with Crippen LogP contribution in [0.15, 0.2) is 63.8 Å². The van der Waals surface area contributed by atoms with Gasteiger partial charge in [0, 0.05) is 17.5 Å². The first kappa shape index (κ1) is 17.5. The molecule has 0 amide bonds. The lowest BCUT2D eigenvalue weighted by Gasteiger charge is -2.09. The van der Waals surface area contributed by atoms with Crippen LogP contribution in [0.25, 0.3) is 11.1 Å². The lowest BCUT2D eigenvalue weighted by Crippen LogP contribution is -2.06. The minimum absolute atomic E-state index is 0.0438. The number of nitrogens with zero attached hydrogens (tertiary/aromatic N) is 1. The van der Waals surface area contributed by atoms with Crippen LogP contribution >= 0.6 is 11.3 Å². The quantitative estimate of drug-likeness (QED) is 0.694. The number of hydrogen-bond acceptors (Lipinski definition) is 6. The van der Waals surface area contributed by atoms with E-state index in [4.69, 9.17) is 5.73 Å². The maximum Gasteiger partial charge on any atom is 0.224 e. The zero-order valence-corrected chi connectivity index (χ0v) is 15.1. The lowest BCUT2D eigenvalue weighted by atomic mass is 10.0. The standard InChI is InChI=1S/C18H16N2O3S2/c1-12(21)14-7-15(13-5-3-2-4-6-13)9-16(8-14)25(22,23)18-11-24-17(10-19)20-18/h2-9,11H,10,19H2,1H3. The molecule has 0 atom stereocenters. The minimum Gasteiger partial charge on any atom is -0.325 e. The van der Waals surface area contributed by atoms with Gasteiger partial charge in [0.05, 0.1) is 4.90 Å². The fraction of sp³-hybridized carbons (Fsp3) is 0.111. The fourth-order valence-electron chi connectivity index (χ4n) is 2.39. The first-order valence-electron chi connectivity index (χ1n) is 7.53. The van der Waals surface area contributed by atoms with E-state index in [1.165, 1.54) is 29.7 Å². The third-order valence-electron chi connectivity index (χ3n) is 3.71. The Balaban J connectivity index is 2.18. The van der Waals surface area contributed by atoms with E-state index in [1.807, 2.05) is 30.3 Å². The average Bonchev–Trinajstić information content (AvgIpc) is 3.12. The molecule has 0 aliphatic carbocycles. The molecule has 2 N–H and O–H groups in total. The zero-order valence-electron chi connectivity index (χ0n) is 13.5. The van der Waals surface area contributed by atoms with Crippen LogP contribution in [0.3, 0.4) is 0 Å². The second-order valence-electron chi connectivity index (χ2n) is 5.46. The molecule has 0 saturated carbocycles. The van der Waals surface area contributed by atoms with Crippen LogP contribution in [0.1, 0.15) is 22.3 Å². The molecule has 3 rings (SSSR count). The molecule has 3 aromatic rings. The van der Waals surface area contributed by atoms with Gasteiger partial charge in [0.15, 0.2) is 10.8 Å². The van der Waals surface area contributed by atoms with Crippen molar-refractivity contribution in [1.82, 2.24) is 4.98 Å². The lowest BCUT2D eigenvalue weighted by molar-refractivity contribution is 0.101. The monoisotopic (exact) mass is 372 g/mol. The summed E-state index contributed by atoms with van der Waals surface area (Å²) in [6.45, 7) is 1.60. The number of carbonyl (C=O) groups excluding carboxylic acids is 1. The van der Waals surface area contributed by atoms with Crippen molar-refractivity contribution in [3.63, 3.8) is 0 Å². The maximum atomic E-state index is 12.9. The molecule has 128 valence electrons. The SMILES string of the molecule is CC(=O)c1cc(-c2ccccc2)cc(S(=O)(=O)c2csc(CN)n2)c1. The van der Waals surface area contributed by atoms with Gasteiger partial charge in [-0.2, -0.15) is 0 Å². The number of carbonyl (C=O) groups is 1. The van der Waals surface area contributed by atoms with Gasteiger partial charge in [-0.15, -0.1) is 11.3 Å². The predicted molar refractivity (Wildman–Crippen MR) is 97.3 cm³/mol. The van der Waals surface area contributed by atoms with Crippen LogP contribution < -0.4 is 5.73 Å². The summed E-state index contributed by atoms with van der Waals surface area (Å²) in [5.41, 5.74) is 7.36. The Morgan fingerprint density at radius 3 is 2.44 bits per heavy atom. The van der Waals surface area contributed by atoms with Gasteiger partial charge in [0.1, 0.15) is 5.01 Å². The molecule has 0 saturated heterocycles. The van der Waals surface area contributed by atoms with Crippen molar-refractivity contribution in [1.29, 1.82) is 0 Å². The van der Waals surface area contributed by atoms with Crippen molar-refractivity contribution in [2.24, 2.45) is 5.73 Å². The molecule has 0 aliphatic rings. The Hall–Kier alpha value is -2.35. The first-order chi connectivity index (χ1) is 11.9. The van der Waals surface area contributed by atoms with Gasteiger partial charge in [-0.1, -0.05) is 30.3 Å². The molecule has 7 heteroatoms. The highest BCUT2D eigenvalue weighted by atomic mass is 32.2. The third kappa shape index (κ3) is 3.53. The molecule has 0 spiro atoms. The molecule has 1 aromatic heterocycles. The van der Waals surface area contributed by atoms with Crippen molar-refractivity contribution >= 4 is 27.0 Å². The average molecular weight is 372 g/mol. The van der Waals surface area contributed by atoms with Crippen molar-refractivity contribution in [2.45, 2.75) is 23.4 Å². The molecule has 1 heterocycles. The highest BCUT2D eigenvalue weighted by Gasteiger charge is 2.23. The number of benzene rings is 2. The molecule has 0 aliphatic heterocycles. The molecule has 0 unspecified atom stereocenters. The summed E-state index contributed by atoms with van der Waals surface area (Å²) >= 11 is 1.20. The van der Waals surface area contributed by atoms with E-state index < -0.39 is 9.84 Å². The molecule has 0 radical (unpaired) electrons. The number of Topliss-reactive ketones (excluding diaryl/α,β-unsaturated/α-hetero) is 1. The number of sulfone groups is 1. The summed E-state index contributed by atoms with van der Waals surface area (Å²) in [5.74, 6) is -0.199. The van der Waals surface area contributed by atoms with Gasteiger partial charge in [0.2, 0.25) is 9.84 Å². The Morgan fingerprint density at radius 1 is 1.12 bits per heavy atom. The number of hydrogen-bond donors (Lipinski definition) is 1. The van der Waals surface area contributed by atoms with Crippen LogP contribution in [0.2, 0.25) is 0 Å². The second-order valence-corrected chi connectivity index (χ2v) is 8.29. The Bertz CT molecular complexity index is 1030. The van der Waals surface area contributed by atoms with E-state index in [0.717, 1.165) is 5.56 Å². The Labute approximate surface area is 150 Å². The summed E-state index contributed by atoms with van der Waals surface area (Å²) in [6.07, 6.45) is 0. The van der Waals surface area contributed by atoms with Crippen LogP contribution in [0.4, 0.5) is 0 Å². The minimum atomic E-state index is -3.82. The van der Waals surface area contributed by atoms with E-state index in [-0.39, 0.29) is 22.2 Å². The number of ketones is 1. The Morgan fingerprint density at radius 2 is 1.84 bits per heavy atom. The van der Waals surface area contributed by atoms with Crippen molar-refractivity contribution in [2.75, 3.05) is 0 Å². The number of aromatic nitrogens is 1. The molecule has 2 aromatic carbocycles. The van der Waals surface area contributed by atoms with Gasteiger partial charge in [-0.05, 0) is 36.2 Å². The molecular formula is C18H16N2O3S2. The molecule has 25 heavy (non-hydrogen) atoms. The second kappa shape index (κ2) is 6.87. The van der Waals surface area contributed by atoms with Crippen LogP contribution in [-0.4, -0.2) is 19.2 Å². The summed E-state index contributed by atoms with van der Waals surface area (Å²) in [4.78, 5) is 16.0. The van der Waals surface area contributed by atoms with Crippen LogP contribution in [0.5, 0.6) is 0 Å². The first-order valence-corrected chi connectivity index (χ1v) is 9.89. The number of rotatable bonds is 5. The van der Waals surface area contributed by atoms with Gasteiger partial charge < -0.3 is 5.73 Å². The molecule has 5 nitrogen and oxygen atoms in total. The summed E-state index contributed by atoms with van der Waals surface area (Å²) in [5, 5.41) is 1.97. The highest BCUT2D eigenvalue weighted by molar-refractivity contribution is 7.91. The molecular weight excluding hydrogens is 356 g/mol. The summed E-state index contributed by atoms with van der Waals surface area (Å²) in [6, 6.07) is 14.0. The molecule has 0 fully saturated rings. The topological polar surface area (TPSA) is 90.1 Å². The zero-order chi connectivity index (χ0) is 18.0. The van der Waals surface area contributed by atoms with Crippen LogP contribution in [0, 0.1) is 0 Å². The van der Waals surface area contributed by atoms with Crippen LogP contribution in [-0.2, 0) is 16.4 Å². The van der Waals surface area contributed by atoms with Crippen molar-refractivity contribution < 1.29 is 13.2 Å². The van der Waals surface area contributed by atoms with Crippen molar-refractivity contribution in [3.8, 4) is 11.1 Å². The molecule has 0 bridgehead atoms. The number of thiazole rings is 1. The van der Waals surface area contributed by atoms with Gasteiger partial charge in [0.25, 0.3) is 0 Å². The maximum absolute atomic E-state index is 12.9. The van der Waals surface area contributed by atoms with E-state index in [0.29, 0.717) is 16.1 Å². The third-order valence-corrected chi connectivity index (χ3v) is 6.35. The van der Waals surface area contributed by atoms with Crippen molar-refractivity contribution in [3.05, 3.63) is 64.5 Å². The predicted octanol–water partition coefficient (Wildman–Crippen LogP) is 3.30. The Kier molecular flexibility index (Phi) is 4.80.